The molecule has 0 spiro atoms. The van der Waals surface area contributed by atoms with Crippen molar-refractivity contribution < 1.29 is 13.2 Å². The molecule has 1 aliphatic rings. The molecule has 9 heteroatoms. The minimum absolute atomic E-state index is 0.0156. The zero-order valence-electron chi connectivity index (χ0n) is 14.8. The molecule has 8 nitrogen and oxygen atoms in total. The summed E-state index contributed by atoms with van der Waals surface area (Å²) in [5.74, 6) is -0.0568. The van der Waals surface area contributed by atoms with Crippen molar-refractivity contribution in [2.75, 3.05) is 23.4 Å². The number of hydrogen-bond donors (Lipinski definition) is 1. The number of anilines is 2. The van der Waals surface area contributed by atoms with Gasteiger partial charge in [0.25, 0.3) is 5.91 Å². The fraction of sp³-hybridized carbons (Fsp3) is 0.333. The van der Waals surface area contributed by atoms with Crippen LogP contribution in [-0.2, 0) is 9.84 Å². The number of carbonyl (C=O) groups is 1. The van der Waals surface area contributed by atoms with Gasteiger partial charge in [-0.15, -0.1) is 0 Å². The average molecular weight is 385 g/mol. The van der Waals surface area contributed by atoms with Crippen LogP contribution in [0.1, 0.15) is 29.4 Å². The first-order valence-electron chi connectivity index (χ1n) is 8.54. The summed E-state index contributed by atoms with van der Waals surface area (Å²) in [5.41, 5.74) is 1.15. The number of sulfone groups is 1. The average Bonchev–Trinajstić information content (AvgIpc) is 3.02. The molecular formula is C18H19N5O3S. The molecule has 140 valence electrons. The van der Waals surface area contributed by atoms with Gasteiger partial charge in [-0.2, -0.15) is 5.26 Å². The van der Waals surface area contributed by atoms with Gasteiger partial charge in [0, 0.05) is 18.8 Å². The second-order valence-corrected chi connectivity index (χ2v) is 8.42. The van der Waals surface area contributed by atoms with E-state index in [9.17, 15) is 13.2 Å². The molecule has 1 aliphatic heterocycles. The predicted molar refractivity (Wildman–Crippen MR) is 100 cm³/mol. The molecule has 1 amide bonds. The molecule has 1 atom stereocenters. The molecule has 1 aromatic heterocycles. The van der Waals surface area contributed by atoms with E-state index in [0.29, 0.717) is 24.2 Å². The van der Waals surface area contributed by atoms with Crippen LogP contribution in [0.25, 0.3) is 0 Å². The normalized spacial score (nSPS) is 17.9. The Kier molecular flexibility index (Phi) is 5.37. The van der Waals surface area contributed by atoms with E-state index in [4.69, 9.17) is 5.26 Å². The lowest BCUT2D eigenvalue weighted by atomic mass is 10.2. The number of hydrogen-bond acceptors (Lipinski definition) is 7. The summed E-state index contributed by atoms with van der Waals surface area (Å²) in [6.45, 7) is 2.20. The van der Waals surface area contributed by atoms with Gasteiger partial charge in [0.1, 0.15) is 11.8 Å². The van der Waals surface area contributed by atoms with Gasteiger partial charge in [0.2, 0.25) is 5.95 Å². The van der Waals surface area contributed by atoms with E-state index in [2.05, 4.69) is 21.4 Å². The molecule has 1 unspecified atom stereocenters. The standard InChI is InChI=1S/C18H19N5O3S/c1-2-23(14-8-10-27(25,26)12-14)17(24)16-7-9-20-18(22-16)21-15-6-4-3-5-13(15)11-19/h3-7,9,14H,2,8,10,12H2,1H3,(H,20,21,22). The van der Waals surface area contributed by atoms with Gasteiger partial charge in [0.15, 0.2) is 9.84 Å². The third kappa shape index (κ3) is 4.23. The van der Waals surface area contributed by atoms with Crippen molar-refractivity contribution in [2.45, 2.75) is 19.4 Å². The molecule has 0 radical (unpaired) electrons. The van der Waals surface area contributed by atoms with Crippen molar-refractivity contribution in [2.24, 2.45) is 0 Å². The van der Waals surface area contributed by atoms with Gasteiger partial charge >= 0.3 is 0 Å². The van der Waals surface area contributed by atoms with Gasteiger partial charge in [-0.05, 0) is 31.5 Å². The summed E-state index contributed by atoms with van der Waals surface area (Å²) < 4.78 is 23.5. The number of para-hydroxylation sites is 1. The third-order valence-corrected chi connectivity index (χ3v) is 6.17. The molecule has 0 bridgehead atoms. The third-order valence-electron chi connectivity index (χ3n) is 4.42. The fourth-order valence-corrected chi connectivity index (χ4v) is 4.81. The highest BCUT2D eigenvalue weighted by Crippen LogP contribution is 2.21. The Morgan fingerprint density at radius 3 is 2.81 bits per heavy atom. The highest BCUT2D eigenvalue weighted by molar-refractivity contribution is 7.91. The number of nitrogens with zero attached hydrogens (tertiary/aromatic N) is 4. The zero-order valence-corrected chi connectivity index (χ0v) is 15.6. The van der Waals surface area contributed by atoms with E-state index in [-0.39, 0.29) is 35.1 Å². The number of rotatable bonds is 5. The number of amides is 1. The van der Waals surface area contributed by atoms with E-state index < -0.39 is 9.84 Å². The van der Waals surface area contributed by atoms with Crippen LogP contribution in [0.5, 0.6) is 0 Å². The van der Waals surface area contributed by atoms with Crippen molar-refractivity contribution in [1.82, 2.24) is 14.9 Å². The summed E-state index contributed by atoms with van der Waals surface area (Å²) in [6, 6.07) is 10.1. The van der Waals surface area contributed by atoms with Crippen LogP contribution in [0.15, 0.2) is 36.5 Å². The van der Waals surface area contributed by atoms with E-state index in [1.807, 2.05) is 6.92 Å². The lowest BCUT2D eigenvalue weighted by Crippen LogP contribution is -2.41. The molecule has 1 aromatic carbocycles. The van der Waals surface area contributed by atoms with E-state index in [1.54, 1.807) is 29.2 Å². The van der Waals surface area contributed by atoms with Crippen LogP contribution in [0.3, 0.4) is 0 Å². The van der Waals surface area contributed by atoms with Crippen LogP contribution >= 0.6 is 0 Å². The van der Waals surface area contributed by atoms with Gasteiger partial charge in [0.05, 0.1) is 22.8 Å². The quantitative estimate of drug-likeness (QED) is 0.833. The number of nitriles is 1. The summed E-state index contributed by atoms with van der Waals surface area (Å²) in [7, 11) is -3.09. The molecule has 1 fully saturated rings. The molecule has 0 saturated carbocycles. The van der Waals surface area contributed by atoms with Crippen molar-refractivity contribution >= 4 is 27.4 Å². The number of carbonyl (C=O) groups excluding carboxylic acids is 1. The Hall–Kier alpha value is -2.99. The second-order valence-electron chi connectivity index (χ2n) is 6.20. The molecule has 2 heterocycles. The van der Waals surface area contributed by atoms with E-state index >= 15 is 0 Å². The van der Waals surface area contributed by atoms with Crippen molar-refractivity contribution in [3.8, 4) is 6.07 Å². The van der Waals surface area contributed by atoms with Crippen molar-refractivity contribution in [1.29, 1.82) is 5.26 Å². The van der Waals surface area contributed by atoms with Gasteiger partial charge < -0.3 is 10.2 Å². The molecular weight excluding hydrogens is 366 g/mol. The maximum Gasteiger partial charge on any atom is 0.272 e. The fourth-order valence-electron chi connectivity index (χ4n) is 3.08. The van der Waals surface area contributed by atoms with Gasteiger partial charge in [-0.25, -0.2) is 18.4 Å². The molecule has 3 rings (SSSR count). The highest BCUT2D eigenvalue weighted by Gasteiger charge is 2.34. The van der Waals surface area contributed by atoms with Crippen LogP contribution in [-0.4, -0.2) is 53.3 Å². The van der Waals surface area contributed by atoms with Crippen LogP contribution < -0.4 is 5.32 Å². The Bertz CT molecular complexity index is 1000. The Morgan fingerprint density at radius 2 is 2.15 bits per heavy atom. The Morgan fingerprint density at radius 1 is 1.37 bits per heavy atom. The summed E-state index contributed by atoms with van der Waals surface area (Å²) >= 11 is 0. The topological polar surface area (TPSA) is 116 Å². The minimum atomic E-state index is -3.09. The van der Waals surface area contributed by atoms with Gasteiger partial charge in [-0.1, -0.05) is 12.1 Å². The van der Waals surface area contributed by atoms with Crippen LogP contribution in [0.4, 0.5) is 11.6 Å². The Labute approximate surface area is 157 Å². The summed E-state index contributed by atoms with van der Waals surface area (Å²) in [5, 5.41) is 12.1. The predicted octanol–water partition coefficient (Wildman–Crippen LogP) is 1.74. The second kappa shape index (κ2) is 7.72. The van der Waals surface area contributed by atoms with Crippen LogP contribution in [0.2, 0.25) is 0 Å². The largest absolute Gasteiger partial charge is 0.334 e. The zero-order chi connectivity index (χ0) is 19.4. The summed E-state index contributed by atoms with van der Waals surface area (Å²) in [6.07, 6.45) is 1.89. The number of benzene rings is 1. The molecule has 2 aromatic rings. The molecule has 1 N–H and O–H groups in total. The molecule has 27 heavy (non-hydrogen) atoms. The molecule has 0 aliphatic carbocycles. The van der Waals surface area contributed by atoms with E-state index in [0.717, 1.165) is 0 Å². The molecule has 1 saturated heterocycles. The lowest BCUT2D eigenvalue weighted by Gasteiger charge is -2.26. The summed E-state index contributed by atoms with van der Waals surface area (Å²) in [4.78, 5) is 22.8. The first kappa shape index (κ1) is 18.8. The van der Waals surface area contributed by atoms with E-state index in [1.165, 1.54) is 12.3 Å². The Balaban J connectivity index is 1.82. The number of nitrogens with one attached hydrogen (secondary N) is 1. The van der Waals surface area contributed by atoms with Crippen molar-refractivity contribution in [3.63, 3.8) is 0 Å². The lowest BCUT2D eigenvalue weighted by molar-refractivity contribution is 0.0702. The minimum Gasteiger partial charge on any atom is -0.334 e. The monoisotopic (exact) mass is 385 g/mol. The number of aromatic nitrogens is 2. The van der Waals surface area contributed by atoms with Crippen LogP contribution in [0, 0.1) is 11.3 Å². The first-order chi connectivity index (χ1) is 12.9. The van der Waals surface area contributed by atoms with Crippen molar-refractivity contribution in [3.05, 3.63) is 47.8 Å². The van der Waals surface area contributed by atoms with Gasteiger partial charge in [-0.3, -0.25) is 4.79 Å². The SMILES string of the molecule is CCN(C(=O)c1ccnc(Nc2ccccc2C#N)n1)C1CCS(=O)(=O)C1. The first-order valence-corrected chi connectivity index (χ1v) is 10.4. The highest BCUT2D eigenvalue weighted by atomic mass is 32.2. The smallest absolute Gasteiger partial charge is 0.272 e. The maximum atomic E-state index is 12.9. The maximum absolute atomic E-state index is 12.9.